The fraction of sp³-hybridized carbons (Fsp3) is 0.316. The Bertz CT molecular complexity index is 924. The van der Waals surface area contributed by atoms with Crippen molar-refractivity contribution in [2.45, 2.75) is 0 Å². The van der Waals surface area contributed by atoms with Crippen LogP contribution >= 0.6 is 11.3 Å². The molecular formula is C19H22N2O3S. The lowest BCUT2D eigenvalue weighted by Crippen LogP contribution is -2.16. The molecule has 0 saturated carbocycles. The second-order valence-corrected chi connectivity index (χ2v) is 6.73. The molecule has 0 unspecified atom stereocenters. The molecule has 2 N–H and O–H groups in total. The molecule has 2 aromatic carbocycles. The summed E-state index contributed by atoms with van der Waals surface area (Å²) >= 11 is 1.59. The Morgan fingerprint density at radius 3 is 2.16 bits per heavy atom. The van der Waals surface area contributed by atoms with Gasteiger partial charge in [-0.05, 0) is 50.5 Å². The average Bonchev–Trinajstić information content (AvgIpc) is 2.63. The SMILES string of the molecule is CNCCOc1ccc2c(=O)c3cc(OCCNC)ccc3sc2c1. The van der Waals surface area contributed by atoms with Crippen LogP contribution in [0.2, 0.25) is 0 Å². The number of benzene rings is 2. The minimum absolute atomic E-state index is 0.0320. The van der Waals surface area contributed by atoms with Gasteiger partial charge in [0.05, 0.1) is 0 Å². The molecule has 5 nitrogen and oxygen atoms in total. The van der Waals surface area contributed by atoms with Crippen LogP contribution < -0.4 is 25.5 Å². The van der Waals surface area contributed by atoms with Crippen LogP contribution in [0.25, 0.3) is 20.2 Å². The van der Waals surface area contributed by atoms with Gasteiger partial charge in [-0.3, -0.25) is 4.79 Å². The van der Waals surface area contributed by atoms with E-state index in [9.17, 15) is 4.79 Å². The first-order valence-corrected chi connectivity index (χ1v) is 9.10. The van der Waals surface area contributed by atoms with E-state index in [-0.39, 0.29) is 5.43 Å². The first-order chi connectivity index (χ1) is 12.2. The van der Waals surface area contributed by atoms with Gasteiger partial charge in [0.15, 0.2) is 5.43 Å². The van der Waals surface area contributed by atoms with Gasteiger partial charge in [0.1, 0.15) is 24.7 Å². The molecule has 0 aliphatic heterocycles. The predicted octanol–water partition coefficient (Wildman–Crippen LogP) is 2.61. The van der Waals surface area contributed by atoms with Crippen LogP contribution in [0.1, 0.15) is 0 Å². The summed E-state index contributed by atoms with van der Waals surface area (Å²) in [7, 11) is 3.77. The molecule has 25 heavy (non-hydrogen) atoms. The van der Waals surface area contributed by atoms with Crippen molar-refractivity contribution in [2.24, 2.45) is 0 Å². The van der Waals surface area contributed by atoms with E-state index >= 15 is 0 Å². The summed E-state index contributed by atoms with van der Waals surface area (Å²) < 4.78 is 13.3. The number of ether oxygens (including phenoxy) is 2. The van der Waals surface area contributed by atoms with Crippen LogP contribution in [0.5, 0.6) is 11.5 Å². The summed E-state index contributed by atoms with van der Waals surface area (Å²) in [5.74, 6) is 1.50. The average molecular weight is 358 g/mol. The van der Waals surface area contributed by atoms with Gasteiger partial charge in [-0.1, -0.05) is 0 Å². The molecule has 1 aromatic heterocycles. The summed E-state index contributed by atoms with van der Waals surface area (Å²) in [6, 6.07) is 11.3. The lowest BCUT2D eigenvalue weighted by molar-refractivity contribution is 0.318. The minimum Gasteiger partial charge on any atom is -0.492 e. The fourth-order valence-corrected chi connectivity index (χ4v) is 3.62. The zero-order valence-corrected chi connectivity index (χ0v) is 15.2. The van der Waals surface area contributed by atoms with Gasteiger partial charge in [0, 0.05) is 33.3 Å². The number of nitrogens with one attached hydrogen (secondary N) is 2. The van der Waals surface area contributed by atoms with Crippen LogP contribution in [-0.2, 0) is 0 Å². The molecule has 6 heteroatoms. The maximum absolute atomic E-state index is 12.8. The Kier molecular flexibility index (Phi) is 5.86. The largest absolute Gasteiger partial charge is 0.492 e. The van der Waals surface area contributed by atoms with Gasteiger partial charge in [-0.2, -0.15) is 0 Å². The quantitative estimate of drug-likeness (QED) is 0.479. The number of fused-ring (bicyclic) bond motifs is 2. The van der Waals surface area contributed by atoms with E-state index < -0.39 is 0 Å². The van der Waals surface area contributed by atoms with Crippen molar-refractivity contribution in [3.8, 4) is 11.5 Å². The van der Waals surface area contributed by atoms with Crippen LogP contribution in [0, 0.1) is 0 Å². The van der Waals surface area contributed by atoms with Crippen molar-refractivity contribution in [3.63, 3.8) is 0 Å². The molecule has 3 rings (SSSR count). The molecule has 0 radical (unpaired) electrons. The second kappa shape index (κ2) is 8.29. The molecule has 0 fully saturated rings. The number of rotatable bonds is 8. The Morgan fingerprint density at radius 1 is 0.840 bits per heavy atom. The van der Waals surface area contributed by atoms with Gasteiger partial charge in [0.25, 0.3) is 0 Å². The maximum atomic E-state index is 12.8. The monoisotopic (exact) mass is 358 g/mol. The summed E-state index contributed by atoms with van der Waals surface area (Å²) in [5.41, 5.74) is 0.0320. The van der Waals surface area contributed by atoms with E-state index in [1.54, 1.807) is 11.3 Å². The van der Waals surface area contributed by atoms with E-state index in [2.05, 4.69) is 10.6 Å². The van der Waals surface area contributed by atoms with E-state index in [1.165, 1.54) is 0 Å². The number of hydrogen-bond donors (Lipinski definition) is 2. The van der Waals surface area contributed by atoms with Crippen LogP contribution in [0.3, 0.4) is 0 Å². The van der Waals surface area contributed by atoms with E-state index in [4.69, 9.17) is 9.47 Å². The highest BCUT2D eigenvalue weighted by atomic mass is 32.1. The Labute approximate surface area is 150 Å². The normalized spacial score (nSPS) is 11.1. The summed E-state index contributed by atoms with van der Waals surface area (Å²) in [5, 5.41) is 7.49. The topological polar surface area (TPSA) is 59.6 Å². The highest BCUT2D eigenvalue weighted by molar-refractivity contribution is 7.24. The minimum atomic E-state index is 0.0320. The lowest BCUT2D eigenvalue weighted by atomic mass is 10.1. The Morgan fingerprint density at radius 2 is 1.48 bits per heavy atom. The van der Waals surface area contributed by atoms with Gasteiger partial charge in [0.2, 0.25) is 0 Å². The fourth-order valence-electron chi connectivity index (χ4n) is 2.54. The standard InChI is InChI=1S/C19H22N2O3S/c1-20-7-9-23-13-4-6-17-16(11-13)19(22)15-5-3-14(12-18(15)25-17)24-10-8-21-2/h3-6,11-12,20-21H,7-10H2,1-2H3. The molecule has 3 aromatic rings. The number of likely N-dealkylation sites (N-methyl/N-ethyl adjacent to an activating group) is 2. The zero-order chi connectivity index (χ0) is 17.6. The van der Waals surface area contributed by atoms with E-state index in [1.807, 2.05) is 50.5 Å². The third-order valence-electron chi connectivity index (χ3n) is 3.85. The zero-order valence-electron chi connectivity index (χ0n) is 14.4. The highest BCUT2D eigenvalue weighted by Crippen LogP contribution is 2.29. The van der Waals surface area contributed by atoms with E-state index in [0.717, 1.165) is 34.0 Å². The third kappa shape index (κ3) is 4.10. The Hall–Kier alpha value is -2.15. The molecule has 132 valence electrons. The van der Waals surface area contributed by atoms with E-state index in [0.29, 0.717) is 24.0 Å². The number of hydrogen-bond acceptors (Lipinski definition) is 6. The maximum Gasteiger partial charge on any atom is 0.196 e. The summed E-state index contributed by atoms with van der Waals surface area (Å²) in [6.07, 6.45) is 0. The van der Waals surface area contributed by atoms with Crippen molar-refractivity contribution < 1.29 is 9.47 Å². The molecule has 0 aliphatic rings. The van der Waals surface area contributed by atoms with Crippen molar-refractivity contribution in [2.75, 3.05) is 40.4 Å². The molecule has 0 saturated heterocycles. The van der Waals surface area contributed by atoms with Crippen molar-refractivity contribution >= 4 is 31.5 Å². The lowest BCUT2D eigenvalue weighted by Gasteiger charge is -2.09. The van der Waals surface area contributed by atoms with Gasteiger partial charge < -0.3 is 20.1 Å². The second-order valence-electron chi connectivity index (χ2n) is 5.65. The molecule has 0 aliphatic carbocycles. The summed E-state index contributed by atoms with van der Waals surface area (Å²) in [6.45, 7) is 2.71. The molecule has 0 bridgehead atoms. The molecular weight excluding hydrogens is 336 g/mol. The van der Waals surface area contributed by atoms with Gasteiger partial charge in [-0.25, -0.2) is 0 Å². The van der Waals surface area contributed by atoms with Crippen molar-refractivity contribution in [1.82, 2.24) is 10.6 Å². The van der Waals surface area contributed by atoms with Crippen LogP contribution in [-0.4, -0.2) is 40.4 Å². The summed E-state index contributed by atoms with van der Waals surface area (Å²) in [4.78, 5) is 12.8. The van der Waals surface area contributed by atoms with Gasteiger partial charge >= 0.3 is 0 Å². The highest BCUT2D eigenvalue weighted by Gasteiger charge is 2.08. The van der Waals surface area contributed by atoms with Crippen molar-refractivity contribution in [1.29, 1.82) is 0 Å². The molecule has 0 spiro atoms. The first-order valence-electron chi connectivity index (χ1n) is 8.28. The van der Waals surface area contributed by atoms with Gasteiger partial charge in [-0.15, -0.1) is 11.3 Å². The first kappa shape index (κ1) is 17.7. The smallest absolute Gasteiger partial charge is 0.196 e. The third-order valence-corrected chi connectivity index (χ3v) is 4.99. The van der Waals surface area contributed by atoms with Crippen LogP contribution in [0.4, 0.5) is 0 Å². The predicted molar refractivity (Wildman–Crippen MR) is 104 cm³/mol. The Balaban J connectivity index is 1.95. The van der Waals surface area contributed by atoms with Crippen LogP contribution in [0.15, 0.2) is 41.2 Å². The molecule has 1 heterocycles. The molecule has 0 atom stereocenters. The molecule has 0 amide bonds. The van der Waals surface area contributed by atoms with Crippen molar-refractivity contribution in [3.05, 3.63) is 46.6 Å².